The fraction of sp³-hybridized carbons (Fsp3) is 0.444. The third-order valence-electron chi connectivity index (χ3n) is 1.56. The molecule has 0 atom stereocenters. The number of anilines is 1. The third kappa shape index (κ3) is 3.32. The van der Waals surface area contributed by atoms with Gasteiger partial charge in [-0.25, -0.2) is 9.78 Å². The van der Waals surface area contributed by atoms with Crippen molar-refractivity contribution < 1.29 is 14.3 Å². The van der Waals surface area contributed by atoms with Crippen LogP contribution < -0.4 is 5.32 Å². The molecule has 0 aliphatic heterocycles. The summed E-state index contributed by atoms with van der Waals surface area (Å²) in [5, 5.41) is 4.55. The lowest BCUT2D eigenvalue weighted by Gasteiger charge is -1.97. The summed E-state index contributed by atoms with van der Waals surface area (Å²) >= 11 is 1.20. The van der Waals surface area contributed by atoms with Crippen molar-refractivity contribution in [3.05, 3.63) is 11.1 Å². The fourth-order valence-electron chi connectivity index (χ4n) is 0.838. The molecule has 0 bridgehead atoms. The summed E-state index contributed by atoms with van der Waals surface area (Å²) in [6, 6.07) is 0. The first-order valence-electron chi connectivity index (χ1n) is 4.59. The van der Waals surface area contributed by atoms with E-state index in [0.717, 1.165) is 0 Å². The normalized spacial score (nSPS) is 9.73. The molecule has 0 saturated carbocycles. The predicted octanol–water partition coefficient (Wildman–Crippen LogP) is 1.67. The molecule has 1 amide bonds. The first-order chi connectivity index (χ1) is 7.17. The molecule has 0 fully saturated rings. The molecule has 0 aliphatic carbocycles. The van der Waals surface area contributed by atoms with E-state index in [2.05, 4.69) is 10.3 Å². The SMILES string of the molecule is CCOC(=O)c1csc(NC(=O)CC)n1. The Balaban J connectivity index is 2.63. The second-order valence-corrected chi connectivity index (χ2v) is 3.52. The number of thiazole rings is 1. The van der Waals surface area contributed by atoms with Gasteiger partial charge < -0.3 is 10.1 Å². The number of nitrogens with zero attached hydrogens (tertiary/aromatic N) is 1. The molecule has 1 aromatic rings. The van der Waals surface area contributed by atoms with E-state index in [1.54, 1.807) is 19.2 Å². The van der Waals surface area contributed by atoms with E-state index in [-0.39, 0.29) is 11.6 Å². The van der Waals surface area contributed by atoms with Crippen molar-refractivity contribution in [1.29, 1.82) is 0 Å². The van der Waals surface area contributed by atoms with Crippen LogP contribution in [0.15, 0.2) is 5.38 Å². The quantitative estimate of drug-likeness (QED) is 0.796. The number of ether oxygens (including phenoxy) is 1. The summed E-state index contributed by atoms with van der Waals surface area (Å²) in [6.45, 7) is 3.78. The number of nitrogens with one attached hydrogen (secondary N) is 1. The van der Waals surface area contributed by atoms with Crippen LogP contribution in [0.2, 0.25) is 0 Å². The zero-order chi connectivity index (χ0) is 11.3. The Kier molecular flexibility index (Phi) is 4.23. The lowest BCUT2D eigenvalue weighted by Crippen LogP contribution is -2.10. The Morgan fingerprint density at radius 2 is 2.27 bits per heavy atom. The molecular weight excluding hydrogens is 216 g/mol. The lowest BCUT2D eigenvalue weighted by molar-refractivity contribution is -0.115. The van der Waals surface area contributed by atoms with E-state index >= 15 is 0 Å². The summed E-state index contributed by atoms with van der Waals surface area (Å²) < 4.78 is 4.77. The van der Waals surface area contributed by atoms with Crippen LogP contribution in [0.5, 0.6) is 0 Å². The predicted molar refractivity (Wildman–Crippen MR) is 57.0 cm³/mol. The van der Waals surface area contributed by atoms with Crippen LogP contribution in [0.3, 0.4) is 0 Å². The molecule has 1 N–H and O–H groups in total. The number of rotatable bonds is 4. The van der Waals surface area contributed by atoms with Crippen LogP contribution in [0.1, 0.15) is 30.8 Å². The zero-order valence-corrected chi connectivity index (χ0v) is 9.39. The highest BCUT2D eigenvalue weighted by Gasteiger charge is 2.12. The van der Waals surface area contributed by atoms with Crippen LogP contribution in [-0.2, 0) is 9.53 Å². The second-order valence-electron chi connectivity index (χ2n) is 2.66. The molecule has 1 heterocycles. The van der Waals surface area contributed by atoms with Crippen molar-refractivity contribution in [2.75, 3.05) is 11.9 Å². The van der Waals surface area contributed by atoms with Gasteiger partial charge in [0, 0.05) is 11.8 Å². The van der Waals surface area contributed by atoms with E-state index in [9.17, 15) is 9.59 Å². The summed E-state index contributed by atoms with van der Waals surface area (Å²) in [4.78, 5) is 26.2. The lowest BCUT2D eigenvalue weighted by atomic mass is 10.5. The molecule has 1 aromatic heterocycles. The van der Waals surface area contributed by atoms with Gasteiger partial charge >= 0.3 is 5.97 Å². The van der Waals surface area contributed by atoms with Crippen molar-refractivity contribution in [2.45, 2.75) is 20.3 Å². The molecular formula is C9H12N2O3S. The van der Waals surface area contributed by atoms with E-state index in [0.29, 0.717) is 18.2 Å². The Morgan fingerprint density at radius 1 is 1.53 bits per heavy atom. The standard InChI is InChI=1S/C9H12N2O3S/c1-3-7(12)11-9-10-6(5-15-9)8(13)14-4-2/h5H,3-4H2,1-2H3,(H,10,11,12). The molecule has 15 heavy (non-hydrogen) atoms. The molecule has 1 rings (SSSR count). The van der Waals surface area contributed by atoms with Crippen LogP contribution >= 0.6 is 11.3 Å². The number of amides is 1. The van der Waals surface area contributed by atoms with Gasteiger partial charge in [-0.15, -0.1) is 11.3 Å². The summed E-state index contributed by atoms with van der Waals surface area (Å²) in [7, 11) is 0. The zero-order valence-electron chi connectivity index (χ0n) is 8.57. The summed E-state index contributed by atoms with van der Waals surface area (Å²) in [5.74, 6) is -0.592. The molecule has 6 heteroatoms. The minimum atomic E-state index is -0.467. The van der Waals surface area contributed by atoms with E-state index in [1.165, 1.54) is 11.3 Å². The molecule has 0 saturated heterocycles. The third-order valence-corrected chi connectivity index (χ3v) is 2.31. The molecule has 0 unspecified atom stereocenters. The number of hydrogen-bond acceptors (Lipinski definition) is 5. The number of carbonyl (C=O) groups excluding carboxylic acids is 2. The van der Waals surface area contributed by atoms with Gasteiger partial charge in [-0.1, -0.05) is 6.92 Å². The topological polar surface area (TPSA) is 68.3 Å². The van der Waals surface area contributed by atoms with Crippen LogP contribution in [-0.4, -0.2) is 23.5 Å². The fourth-order valence-corrected chi connectivity index (χ4v) is 1.53. The van der Waals surface area contributed by atoms with Gasteiger partial charge in [0.15, 0.2) is 10.8 Å². The van der Waals surface area contributed by atoms with Crippen LogP contribution in [0.4, 0.5) is 5.13 Å². The largest absolute Gasteiger partial charge is 0.461 e. The number of esters is 1. The average molecular weight is 228 g/mol. The maximum absolute atomic E-state index is 11.2. The summed E-state index contributed by atoms with van der Waals surface area (Å²) in [6.07, 6.45) is 0.383. The monoisotopic (exact) mass is 228 g/mol. The van der Waals surface area contributed by atoms with Crippen molar-refractivity contribution in [3.8, 4) is 0 Å². The maximum atomic E-state index is 11.2. The van der Waals surface area contributed by atoms with Gasteiger partial charge in [0.2, 0.25) is 5.91 Å². The molecule has 5 nitrogen and oxygen atoms in total. The molecule has 82 valence electrons. The number of carbonyl (C=O) groups is 2. The van der Waals surface area contributed by atoms with Crippen molar-refractivity contribution >= 4 is 28.3 Å². The number of aromatic nitrogens is 1. The molecule has 0 aliphatic rings. The maximum Gasteiger partial charge on any atom is 0.357 e. The minimum absolute atomic E-state index is 0.125. The Morgan fingerprint density at radius 3 is 2.87 bits per heavy atom. The van der Waals surface area contributed by atoms with Crippen molar-refractivity contribution in [1.82, 2.24) is 4.98 Å². The number of hydrogen-bond donors (Lipinski definition) is 1. The molecule has 0 radical (unpaired) electrons. The Bertz CT molecular complexity index is 362. The smallest absolute Gasteiger partial charge is 0.357 e. The summed E-state index contributed by atoms with van der Waals surface area (Å²) in [5.41, 5.74) is 0.230. The van der Waals surface area contributed by atoms with E-state index in [4.69, 9.17) is 4.74 Å². The average Bonchev–Trinajstić information content (AvgIpc) is 2.66. The highest BCUT2D eigenvalue weighted by atomic mass is 32.1. The highest BCUT2D eigenvalue weighted by molar-refractivity contribution is 7.14. The Labute approximate surface area is 91.5 Å². The van der Waals surface area contributed by atoms with Gasteiger partial charge in [-0.05, 0) is 6.92 Å². The van der Waals surface area contributed by atoms with Crippen molar-refractivity contribution in [3.63, 3.8) is 0 Å². The molecule has 0 aromatic carbocycles. The Hall–Kier alpha value is -1.43. The van der Waals surface area contributed by atoms with Crippen LogP contribution in [0.25, 0.3) is 0 Å². The van der Waals surface area contributed by atoms with Gasteiger partial charge in [0.25, 0.3) is 0 Å². The van der Waals surface area contributed by atoms with Gasteiger partial charge in [0.1, 0.15) is 0 Å². The highest BCUT2D eigenvalue weighted by Crippen LogP contribution is 2.16. The van der Waals surface area contributed by atoms with E-state index in [1.807, 2.05) is 0 Å². The molecule has 0 spiro atoms. The van der Waals surface area contributed by atoms with Gasteiger partial charge in [-0.3, -0.25) is 4.79 Å². The first kappa shape index (κ1) is 11.6. The first-order valence-corrected chi connectivity index (χ1v) is 5.47. The second kappa shape index (κ2) is 5.45. The van der Waals surface area contributed by atoms with Crippen LogP contribution in [0, 0.1) is 0 Å². The van der Waals surface area contributed by atoms with Crippen molar-refractivity contribution in [2.24, 2.45) is 0 Å². The van der Waals surface area contributed by atoms with Gasteiger partial charge in [0.05, 0.1) is 6.61 Å². The van der Waals surface area contributed by atoms with E-state index < -0.39 is 5.97 Å². The van der Waals surface area contributed by atoms with Gasteiger partial charge in [-0.2, -0.15) is 0 Å². The minimum Gasteiger partial charge on any atom is -0.461 e.